The van der Waals surface area contributed by atoms with E-state index >= 15 is 0 Å². The molecule has 2 aliphatic heterocycles. The van der Waals surface area contributed by atoms with Crippen LogP contribution in [0.25, 0.3) is 18.2 Å². The van der Waals surface area contributed by atoms with Crippen LogP contribution >= 0.6 is 0 Å². The number of hydrogen-bond acceptors (Lipinski definition) is 2. The van der Waals surface area contributed by atoms with Gasteiger partial charge in [-0.15, -0.1) is 0 Å². The van der Waals surface area contributed by atoms with Crippen LogP contribution in [0.1, 0.15) is 129 Å². The van der Waals surface area contributed by atoms with E-state index in [1.54, 1.807) is 0 Å². The number of aromatic nitrogens is 3. The maximum Gasteiger partial charge on any atom is 0.225 e. The van der Waals surface area contributed by atoms with Crippen LogP contribution in [-0.4, -0.2) is 26.8 Å². The Labute approximate surface area is 245 Å². The topological polar surface area (TPSA) is 76.5 Å². The Morgan fingerprint density at radius 3 is 1.56 bits per heavy atom. The number of fused-ring (bicyclic) bond motifs is 8. The van der Waals surface area contributed by atoms with E-state index in [0.29, 0.717) is 0 Å². The van der Waals surface area contributed by atoms with Crippen molar-refractivity contribution in [2.75, 3.05) is 0 Å². The zero-order valence-corrected chi connectivity index (χ0v) is 26.4. The molecule has 0 aromatic carbocycles. The van der Waals surface area contributed by atoms with Crippen molar-refractivity contribution in [2.24, 2.45) is 0 Å². The van der Waals surface area contributed by atoms with Crippen LogP contribution in [0, 0.1) is 0 Å². The maximum absolute atomic E-state index is 14.4. The lowest BCUT2D eigenvalue weighted by Crippen LogP contribution is -2.26. The van der Waals surface area contributed by atoms with E-state index in [4.69, 9.17) is 0 Å². The molecule has 0 fully saturated rings. The maximum atomic E-state index is 14.4. The number of hydrogen-bond donors (Lipinski definition) is 4. The van der Waals surface area contributed by atoms with Gasteiger partial charge in [0, 0.05) is 27.8 Å². The van der Waals surface area contributed by atoms with Gasteiger partial charge in [-0.05, 0) is 114 Å². The first-order valence-corrected chi connectivity index (χ1v) is 16.0. The zero-order valence-electron chi connectivity index (χ0n) is 26.4. The van der Waals surface area contributed by atoms with Gasteiger partial charge in [-0.3, -0.25) is 4.79 Å². The molecular formula is C36H48N4O. The van der Waals surface area contributed by atoms with E-state index < -0.39 is 0 Å². The third kappa shape index (κ3) is 4.67. The van der Waals surface area contributed by atoms with Crippen LogP contribution in [0.3, 0.4) is 0 Å². The molecule has 41 heavy (non-hydrogen) atoms. The lowest BCUT2D eigenvalue weighted by Gasteiger charge is -2.11. The highest BCUT2D eigenvalue weighted by atomic mass is 16.1. The highest BCUT2D eigenvalue weighted by Crippen LogP contribution is 2.34. The van der Waals surface area contributed by atoms with Crippen molar-refractivity contribution in [3.8, 4) is 0 Å². The number of carbonyl (C=O) groups excluding carboxylic acids is 1. The van der Waals surface area contributed by atoms with Gasteiger partial charge in [0.25, 0.3) is 0 Å². The van der Waals surface area contributed by atoms with E-state index in [-0.39, 0.29) is 11.8 Å². The van der Waals surface area contributed by atoms with Crippen LogP contribution in [0.15, 0.2) is 16.8 Å². The van der Waals surface area contributed by atoms with Gasteiger partial charge in [0.05, 0.1) is 17.4 Å². The van der Waals surface area contributed by atoms with Gasteiger partial charge in [-0.1, -0.05) is 55.4 Å². The van der Waals surface area contributed by atoms with Crippen molar-refractivity contribution in [1.29, 1.82) is 0 Å². The van der Waals surface area contributed by atoms with E-state index in [1.165, 1.54) is 44.4 Å². The Hall–Kier alpha value is -3.47. The van der Waals surface area contributed by atoms with Crippen LogP contribution in [-0.2, 0) is 38.5 Å². The first-order chi connectivity index (χ1) is 19.9. The minimum Gasteiger partial charge on any atom is -0.375 e. The molecule has 0 spiro atoms. The molecule has 5 heterocycles. The SMILES string of the molecule is CCC1=C(CC)C2/C=c3\[nH]/c(c(CC)c3CC)=C\c3[nH]c(c(CC)c3CC)C(=O)c3[nH]c(c(CC)c3CC)/C=C/1N2. The quantitative estimate of drug-likeness (QED) is 0.264. The first kappa shape index (κ1) is 29.0. The third-order valence-corrected chi connectivity index (χ3v) is 9.41. The van der Waals surface area contributed by atoms with E-state index in [2.05, 4.69) is 93.9 Å². The minimum absolute atomic E-state index is 0.0720. The molecule has 3 aromatic rings. The predicted molar refractivity (Wildman–Crippen MR) is 172 cm³/mol. The van der Waals surface area contributed by atoms with E-state index in [9.17, 15) is 4.79 Å². The Balaban J connectivity index is 1.92. The van der Waals surface area contributed by atoms with Crippen LogP contribution < -0.4 is 16.0 Å². The Bertz CT molecular complexity index is 1670. The van der Waals surface area contributed by atoms with Gasteiger partial charge < -0.3 is 20.3 Å². The average molecular weight is 553 g/mol. The highest BCUT2D eigenvalue weighted by molar-refractivity contribution is 6.09. The summed E-state index contributed by atoms with van der Waals surface area (Å²) in [6.07, 6.45) is 14.2. The molecule has 8 bridgehead atoms. The van der Waals surface area contributed by atoms with Gasteiger partial charge in [0.2, 0.25) is 5.78 Å². The molecule has 4 N–H and O–H groups in total. The molecule has 1 atom stereocenters. The first-order valence-electron chi connectivity index (χ1n) is 16.0. The van der Waals surface area contributed by atoms with Gasteiger partial charge in [-0.25, -0.2) is 0 Å². The molecule has 0 saturated heterocycles. The second-order valence-electron chi connectivity index (χ2n) is 11.3. The number of rotatable bonds is 8. The van der Waals surface area contributed by atoms with Crippen LogP contribution in [0.2, 0.25) is 0 Å². The largest absolute Gasteiger partial charge is 0.375 e. The summed E-state index contributed by atoms with van der Waals surface area (Å²) in [6, 6.07) is 0.136. The summed E-state index contributed by atoms with van der Waals surface area (Å²) in [5.41, 5.74) is 15.1. The molecule has 0 amide bonds. The van der Waals surface area contributed by atoms with E-state index in [0.717, 1.165) is 90.6 Å². The standard InChI is InChI=1S/C36H48N4O/c1-9-20-22(11-3)30-18-32-24(13-5)26(15-7)34(39-32)36(41)35-27(16-8)25(14-6)33(40-35)19-31-23(12-4)21(10-2)29(38-31)17-28(20)37-30/h17-19,28,37-40H,9-16H2,1-8H3/b29-17-,30-18-,31-19-. The van der Waals surface area contributed by atoms with Crippen molar-refractivity contribution in [2.45, 2.75) is 113 Å². The minimum atomic E-state index is 0.0720. The molecule has 1 unspecified atom stereocenters. The van der Waals surface area contributed by atoms with Gasteiger partial charge >= 0.3 is 0 Å². The molecule has 0 aliphatic carbocycles. The fourth-order valence-corrected chi connectivity index (χ4v) is 7.52. The monoisotopic (exact) mass is 552 g/mol. The van der Waals surface area contributed by atoms with E-state index in [1.807, 2.05) is 0 Å². The van der Waals surface area contributed by atoms with Crippen LogP contribution in [0.4, 0.5) is 0 Å². The molecule has 2 aliphatic rings. The zero-order chi connectivity index (χ0) is 29.4. The Morgan fingerprint density at radius 1 is 0.561 bits per heavy atom. The van der Waals surface area contributed by atoms with Crippen molar-refractivity contribution < 1.29 is 4.79 Å². The molecule has 5 rings (SSSR count). The number of nitrogens with one attached hydrogen (secondary N) is 4. The van der Waals surface area contributed by atoms with Crippen molar-refractivity contribution in [3.05, 3.63) is 83.7 Å². The molecule has 5 nitrogen and oxygen atoms in total. The molecule has 218 valence electrons. The van der Waals surface area contributed by atoms with Gasteiger partial charge in [0.15, 0.2) is 0 Å². The summed E-state index contributed by atoms with van der Waals surface area (Å²) in [7, 11) is 0. The lowest BCUT2D eigenvalue weighted by molar-refractivity contribution is 0.102. The summed E-state index contributed by atoms with van der Waals surface area (Å²) in [5, 5.41) is 6.25. The smallest absolute Gasteiger partial charge is 0.225 e. The predicted octanol–water partition coefficient (Wildman–Crippen LogP) is 6.33. The van der Waals surface area contributed by atoms with Crippen molar-refractivity contribution >= 4 is 24.0 Å². The molecule has 0 saturated carbocycles. The van der Waals surface area contributed by atoms with Crippen LogP contribution in [0.5, 0.6) is 0 Å². The number of H-pyrrole nitrogens is 3. The molecule has 0 radical (unpaired) electrons. The average Bonchev–Trinajstić information content (AvgIpc) is 3.71. The summed E-state index contributed by atoms with van der Waals surface area (Å²) in [6.45, 7) is 17.7. The third-order valence-electron chi connectivity index (χ3n) is 9.41. The fourth-order valence-electron chi connectivity index (χ4n) is 7.52. The lowest BCUT2D eigenvalue weighted by atomic mass is 9.96. The molecular weight excluding hydrogens is 504 g/mol. The normalized spacial score (nSPS) is 19.5. The Kier molecular flexibility index (Phi) is 8.35. The number of ketones is 1. The second-order valence-corrected chi connectivity index (χ2v) is 11.3. The highest BCUT2D eigenvalue weighted by Gasteiger charge is 2.29. The number of aromatic amines is 3. The van der Waals surface area contributed by atoms with Gasteiger partial charge in [-0.2, -0.15) is 0 Å². The summed E-state index contributed by atoms with van der Waals surface area (Å²) < 4.78 is 0. The Morgan fingerprint density at radius 2 is 1.07 bits per heavy atom. The second kappa shape index (κ2) is 11.8. The number of carbonyl (C=O) groups is 1. The van der Waals surface area contributed by atoms with Gasteiger partial charge in [0.1, 0.15) is 0 Å². The molecule has 3 aromatic heterocycles. The van der Waals surface area contributed by atoms with Crippen molar-refractivity contribution in [3.63, 3.8) is 0 Å². The summed E-state index contributed by atoms with van der Waals surface area (Å²) in [4.78, 5) is 25.5. The fraction of sp³-hybridized carbons (Fsp3) is 0.472. The van der Waals surface area contributed by atoms with Crippen molar-refractivity contribution in [1.82, 2.24) is 20.3 Å². The summed E-state index contributed by atoms with van der Waals surface area (Å²) in [5.74, 6) is 0.0720. The summed E-state index contributed by atoms with van der Waals surface area (Å²) >= 11 is 0. The molecule has 5 heteroatoms. The number of allylic oxidation sites excluding steroid dienone is 1.